The van der Waals surface area contributed by atoms with E-state index in [-0.39, 0.29) is 13.2 Å². The van der Waals surface area contributed by atoms with Gasteiger partial charge in [0.15, 0.2) is 11.5 Å². The van der Waals surface area contributed by atoms with Crippen molar-refractivity contribution in [1.82, 2.24) is 0 Å². The van der Waals surface area contributed by atoms with Gasteiger partial charge in [0.1, 0.15) is 0 Å². The van der Waals surface area contributed by atoms with Gasteiger partial charge in [-0.25, -0.2) is 0 Å². The molecule has 0 unspecified atom stereocenters. The minimum atomic E-state index is 0.103. The van der Waals surface area contributed by atoms with Gasteiger partial charge in [0.2, 0.25) is 0 Å². The summed E-state index contributed by atoms with van der Waals surface area (Å²) in [6.45, 7) is 1.10. The summed E-state index contributed by atoms with van der Waals surface area (Å²) in [4.78, 5) is 0. The maximum absolute atomic E-state index is 8.86. The molecule has 108 valence electrons. The third-order valence-electron chi connectivity index (χ3n) is 2.95. The van der Waals surface area contributed by atoms with Gasteiger partial charge in [-0.2, -0.15) is 0 Å². The van der Waals surface area contributed by atoms with Crippen LogP contribution in [0, 0.1) is 0 Å². The van der Waals surface area contributed by atoms with Gasteiger partial charge < -0.3 is 19.7 Å². The fourth-order valence-electron chi connectivity index (χ4n) is 1.97. The van der Waals surface area contributed by atoms with Crippen LogP contribution in [0.1, 0.15) is 12.8 Å². The Kier molecular flexibility index (Phi) is 5.65. The van der Waals surface area contributed by atoms with E-state index >= 15 is 0 Å². The van der Waals surface area contributed by atoms with E-state index in [4.69, 9.17) is 19.7 Å². The third-order valence-corrected chi connectivity index (χ3v) is 2.95. The topological polar surface area (TPSA) is 58.9 Å². The first-order valence-corrected chi connectivity index (χ1v) is 6.86. The number of hydrogen-bond acceptors (Lipinski definition) is 4. The number of fused-ring (bicyclic) bond motifs is 1. The number of benzene rings is 2. The van der Waals surface area contributed by atoms with Crippen molar-refractivity contribution in [2.45, 2.75) is 12.8 Å². The summed E-state index contributed by atoms with van der Waals surface area (Å²) < 4.78 is 11.4. The molecule has 0 spiro atoms. The summed E-state index contributed by atoms with van der Waals surface area (Å²) in [5, 5.41) is 19.8. The summed E-state index contributed by atoms with van der Waals surface area (Å²) in [5.74, 6) is 1.38. The monoisotopic (exact) mass is 276 g/mol. The molecular weight excluding hydrogens is 256 g/mol. The van der Waals surface area contributed by atoms with Crippen LogP contribution < -0.4 is 9.47 Å². The molecule has 0 atom stereocenters. The average Bonchev–Trinajstić information content (AvgIpc) is 2.49. The molecule has 0 aliphatic heterocycles. The first-order chi connectivity index (χ1) is 9.86. The molecule has 2 aromatic rings. The number of aliphatic hydroxyl groups excluding tert-OH is 2. The highest BCUT2D eigenvalue weighted by Crippen LogP contribution is 2.35. The highest BCUT2D eigenvalue weighted by molar-refractivity contribution is 5.90. The van der Waals surface area contributed by atoms with E-state index in [1.54, 1.807) is 0 Å². The smallest absolute Gasteiger partial charge is 0.168 e. The molecule has 0 saturated heterocycles. The normalized spacial score (nSPS) is 10.7. The van der Waals surface area contributed by atoms with E-state index in [2.05, 4.69) is 0 Å². The van der Waals surface area contributed by atoms with E-state index < -0.39 is 0 Å². The lowest BCUT2D eigenvalue weighted by Gasteiger charge is -2.15. The Morgan fingerprint density at radius 1 is 0.800 bits per heavy atom. The van der Waals surface area contributed by atoms with Crippen LogP contribution in [0.5, 0.6) is 11.5 Å². The van der Waals surface area contributed by atoms with Crippen LogP contribution in [0.4, 0.5) is 0 Å². The van der Waals surface area contributed by atoms with Crippen LogP contribution in [0.3, 0.4) is 0 Å². The number of ether oxygens (including phenoxy) is 2. The number of hydrogen-bond donors (Lipinski definition) is 2. The van der Waals surface area contributed by atoms with E-state index in [0.717, 1.165) is 10.8 Å². The summed E-state index contributed by atoms with van der Waals surface area (Å²) in [7, 11) is 0. The van der Waals surface area contributed by atoms with Gasteiger partial charge in [0, 0.05) is 31.4 Å². The fourth-order valence-corrected chi connectivity index (χ4v) is 1.97. The third kappa shape index (κ3) is 3.62. The van der Waals surface area contributed by atoms with Crippen LogP contribution >= 0.6 is 0 Å². The summed E-state index contributed by atoms with van der Waals surface area (Å²) in [6.07, 6.45) is 1.17. The van der Waals surface area contributed by atoms with Gasteiger partial charge in [0.05, 0.1) is 13.2 Å². The molecule has 0 heterocycles. The fraction of sp³-hybridized carbons (Fsp3) is 0.375. The predicted octanol–water partition coefficient (Wildman–Crippen LogP) is 2.36. The Hall–Kier alpha value is -1.78. The second kappa shape index (κ2) is 7.72. The van der Waals surface area contributed by atoms with E-state index in [9.17, 15) is 0 Å². The second-order valence-corrected chi connectivity index (χ2v) is 4.47. The standard InChI is InChI=1S/C16H20O4/c17-9-3-11-19-15-8-7-13-5-1-2-6-14(13)16(15)20-12-4-10-18/h1-2,5-8,17-18H,3-4,9-12H2. The SMILES string of the molecule is OCCCOc1ccc2ccccc2c1OCCCO. The molecule has 0 bridgehead atoms. The summed E-state index contributed by atoms with van der Waals surface area (Å²) >= 11 is 0. The van der Waals surface area contributed by atoms with Crippen molar-refractivity contribution in [3.8, 4) is 11.5 Å². The maximum atomic E-state index is 8.86. The molecule has 0 aliphatic carbocycles. The zero-order chi connectivity index (χ0) is 14.2. The van der Waals surface area contributed by atoms with Gasteiger partial charge in [-0.1, -0.05) is 30.3 Å². The average molecular weight is 276 g/mol. The van der Waals surface area contributed by atoms with Gasteiger partial charge in [0.25, 0.3) is 0 Å². The van der Waals surface area contributed by atoms with E-state index in [0.29, 0.717) is 37.6 Å². The molecule has 0 radical (unpaired) electrons. The van der Waals surface area contributed by atoms with Gasteiger partial charge >= 0.3 is 0 Å². The Morgan fingerprint density at radius 2 is 1.50 bits per heavy atom. The molecular formula is C16H20O4. The van der Waals surface area contributed by atoms with Crippen LogP contribution in [-0.4, -0.2) is 36.6 Å². The quantitative estimate of drug-likeness (QED) is 0.727. The van der Waals surface area contributed by atoms with Gasteiger partial charge in [-0.05, 0) is 11.5 Å². The minimum absolute atomic E-state index is 0.103. The Balaban J connectivity index is 2.26. The van der Waals surface area contributed by atoms with Gasteiger partial charge in [-0.15, -0.1) is 0 Å². The highest BCUT2D eigenvalue weighted by Gasteiger charge is 2.10. The van der Waals surface area contributed by atoms with E-state index in [1.807, 2.05) is 36.4 Å². The second-order valence-electron chi connectivity index (χ2n) is 4.47. The molecule has 0 amide bonds. The van der Waals surface area contributed by atoms with Crippen molar-refractivity contribution in [2.75, 3.05) is 26.4 Å². The lowest BCUT2D eigenvalue weighted by atomic mass is 10.1. The largest absolute Gasteiger partial charge is 0.490 e. The molecule has 2 N–H and O–H groups in total. The van der Waals surface area contributed by atoms with Crippen molar-refractivity contribution in [1.29, 1.82) is 0 Å². The molecule has 2 aromatic carbocycles. The predicted molar refractivity (Wildman–Crippen MR) is 78.3 cm³/mol. The molecule has 0 aromatic heterocycles. The molecule has 4 nitrogen and oxygen atoms in total. The van der Waals surface area contributed by atoms with Crippen LogP contribution in [0.2, 0.25) is 0 Å². The van der Waals surface area contributed by atoms with Gasteiger partial charge in [-0.3, -0.25) is 0 Å². The zero-order valence-corrected chi connectivity index (χ0v) is 11.4. The van der Waals surface area contributed by atoms with E-state index in [1.165, 1.54) is 0 Å². The molecule has 20 heavy (non-hydrogen) atoms. The molecule has 4 heteroatoms. The summed E-state index contributed by atoms with van der Waals surface area (Å²) in [6, 6.07) is 11.8. The molecule has 0 aliphatic rings. The number of rotatable bonds is 8. The highest BCUT2D eigenvalue weighted by atomic mass is 16.5. The van der Waals surface area contributed by atoms with Crippen molar-refractivity contribution in [3.05, 3.63) is 36.4 Å². The lowest BCUT2D eigenvalue weighted by Crippen LogP contribution is -2.05. The van der Waals surface area contributed by atoms with Crippen molar-refractivity contribution < 1.29 is 19.7 Å². The minimum Gasteiger partial charge on any atom is -0.490 e. The Bertz CT molecular complexity index is 539. The first kappa shape index (κ1) is 14.6. The lowest BCUT2D eigenvalue weighted by molar-refractivity contribution is 0.212. The van der Waals surface area contributed by atoms with Crippen molar-refractivity contribution in [3.63, 3.8) is 0 Å². The number of aliphatic hydroxyl groups is 2. The molecule has 0 saturated carbocycles. The Morgan fingerprint density at radius 3 is 2.25 bits per heavy atom. The maximum Gasteiger partial charge on any atom is 0.168 e. The molecule has 2 rings (SSSR count). The Labute approximate surface area is 118 Å². The van der Waals surface area contributed by atoms with Crippen LogP contribution in [-0.2, 0) is 0 Å². The zero-order valence-electron chi connectivity index (χ0n) is 11.4. The first-order valence-electron chi connectivity index (χ1n) is 6.86. The van der Waals surface area contributed by atoms with Crippen molar-refractivity contribution in [2.24, 2.45) is 0 Å². The van der Waals surface area contributed by atoms with Crippen molar-refractivity contribution >= 4 is 10.8 Å². The summed E-state index contributed by atoms with van der Waals surface area (Å²) in [5.41, 5.74) is 0. The molecule has 0 fully saturated rings. The van der Waals surface area contributed by atoms with Crippen LogP contribution in [0.15, 0.2) is 36.4 Å². The van der Waals surface area contributed by atoms with Crippen LogP contribution in [0.25, 0.3) is 10.8 Å².